The molecule has 2 heterocycles. The number of amides is 2. The first kappa shape index (κ1) is 21.0. The van der Waals surface area contributed by atoms with E-state index in [1.165, 1.54) is 16.7 Å². The SMILES string of the molecule is NC(=O)c1ccccc1C(=O)Nc1ccc(CCN2CCc3cc4c(cc3C2)OCO4)cc1. The Balaban J connectivity index is 1.17. The van der Waals surface area contributed by atoms with E-state index in [0.717, 1.165) is 44.0 Å². The number of anilines is 1. The number of carbonyl (C=O) groups is 2. The molecule has 3 N–H and O–H groups in total. The van der Waals surface area contributed by atoms with Gasteiger partial charge in [0.2, 0.25) is 12.7 Å². The van der Waals surface area contributed by atoms with E-state index >= 15 is 0 Å². The average Bonchev–Trinajstić information content (AvgIpc) is 3.29. The van der Waals surface area contributed by atoms with Crippen LogP contribution in [0.1, 0.15) is 37.4 Å². The molecule has 2 amide bonds. The number of primary amides is 1. The van der Waals surface area contributed by atoms with Crippen LogP contribution >= 0.6 is 0 Å². The number of hydrogen-bond acceptors (Lipinski definition) is 5. The second kappa shape index (κ2) is 8.96. The molecule has 7 nitrogen and oxygen atoms in total. The van der Waals surface area contributed by atoms with Gasteiger partial charge in [0.1, 0.15) is 0 Å². The van der Waals surface area contributed by atoms with Gasteiger partial charge in [-0.1, -0.05) is 24.3 Å². The Hall–Kier alpha value is -3.84. The normalized spacial score (nSPS) is 14.5. The van der Waals surface area contributed by atoms with E-state index in [0.29, 0.717) is 12.5 Å². The lowest BCUT2D eigenvalue weighted by atomic mass is 9.98. The van der Waals surface area contributed by atoms with Crippen molar-refractivity contribution in [2.45, 2.75) is 19.4 Å². The molecule has 0 saturated heterocycles. The van der Waals surface area contributed by atoms with Crippen LogP contribution in [0.4, 0.5) is 5.69 Å². The monoisotopic (exact) mass is 443 g/mol. The van der Waals surface area contributed by atoms with E-state index in [-0.39, 0.29) is 17.0 Å². The molecule has 2 aliphatic heterocycles. The van der Waals surface area contributed by atoms with E-state index in [4.69, 9.17) is 15.2 Å². The Kier molecular flexibility index (Phi) is 5.71. The number of ether oxygens (including phenoxy) is 2. The van der Waals surface area contributed by atoms with Crippen molar-refractivity contribution in [3.8, 4) is 11.5 Å². The summed E-state index contributed by atoms with van der Waals surface area (Å²) in [6.07, 6.45) is 1.92. The molecule has 0 fully saturated rings. The summed E-state index contributed by atoms with van der Waals surface area (Å²) in [6, 6.07) is 18.6. The van der Waals surface area contributed by atoms with Crippen molar-refractivity contribution in [2.75, 3.05) is 25.2 Å². The highest BCUT2D eigenvalue weighted by atomic mass is 16.7. The van der Waals surface area contributed by atoms with Crippen LogP contribution in [0.25, 0.3) is 0 Å². The number of hydrogen-bond donors (Lipinski definition) is 2. The van der Waals surface area contributed by atoms with E-state index in [1.807, 2.05) is 24.3 Å². The zero-order valence-corrected chi connectivity index (χ0v) is 18.2. The van der Waals surface area contributed by atoms with Gasteiger partial charge in [0.15, 0.2) is 11.5 Å². The van der Waals surface area contributed by atoms with Gasteiger partial charge in [0.05, 0.1) is 11.1 Å². The largest absolute Gasteiger partial charge is 0.454 e. The van der Waals surface area contributed by atoms with Crippen LogP contribution in [0.3, 0.4) is 0 Å². The molecule has 5 rings (SSSR count). The molecule has 0 radical (unpaired) electrons. The third-order valence-corrected chi connectivity index (χ3v) is 6.15. The van der Waals surface area contributed by atoms with Gasteiger partial charge in [-0.05, 0) is 65.9 Å². The molecule has 3 aromatic carbocycles. The summed E-state index contributed by atoms with van der Waals surface area (Å²) in [6.45, 7) is 3.17. The minimum absolute atomic E-state index is 0.207. The Morgan fingerprint density at radius 3 is 2.36 bits per heavy atom. The Morgan fingerprint density at radius 1 is 0.939 bits per heavy atom. The maximum absolute atomic E-state index is 12.6. The Bertz CT molecular complexity index is 1210. The molecule has 0 saturated carbocycles. The van der Waals surface area contributed by atoms with Crippen LogP contribution < -0.4 is 20.5 Å². The molecule has 0 aromatic heterocycles. The van der Waals surface area contributed by atoms with Crippen molar-refractivity contribution < 1.29 is 19.1 Å². The second-order valence-corrected chi connectivity index (χ2v) is 8.31. The number of nitrogens with one attached hydrogen (secondary N) is 1. The van der Waals surface area contributed by atoms with Gasteiger partial charge < -0.3 is 20.5 Å². The maximum atomic E-state index is 12.6. The summed E-state index contributed by atoms with van der Waals surface area (Å²) in [5.41, 5.74) is 10.4. The smallest absolute Gasteiger partial charge is 0.256 e. The van der Waals surface area contributed by atoms with Gasteiger partial charge in [-0.15, -0.1) is 0 Å². The molecule has 7 heteroatoms. The molecule has 3 aromatic rings. The van der Waals surface area contributed by atoms with Crippen molar-refractivity contribution >= 4 is 17.5 Å². The van der Waals surface area contributed by atoms with Gasteiger partial charge in [0.25, 0.3) is 5.91 Å². The fraction of sp³-hybridized carbons (Fsp3) is 0.231. The van der Waals surface area contributed by atoms with Crippen LogP contribution in [-0.4, -0.2) is 36.6 Å². The molecular weight excluding hydrogens is 418 g/mol. The van der Waals surface area contributed by atoms with Crippen LogP contribution in [0.2, 0.25) is 0 Å². The quantitative estimate of drug-likeness (QED) is 0.609. The minimum atomic E-state index is -0.623. The summed E-state index contributed by atoms with van der Waals surface area (Å²) in [4.78, 5) is 26.6. The topological polar surface area (TPSA) is 93.9 Å². The van der Waals surface area contributed by atoms with Crippen LogP contribution in [0, 0.1) is 0 Å². The fourth-order valence-electron chi connectivity index (χ4n) is 4.33. The van der Waals surface area contributed by atoms with Gasteiger partial charge in [0, 0.05) is 25.3 Å². The summed E-state index contributed by atoms with van der Waals surface area (Å²) < 4.78 is 11.0. The zero-order valence-electron chi connectivity index (χ0n) is 18.2. The number of carbonyl (C=O) groups excluding carboxylic acids is 2. The summed E-state index contributed by atoms with van der Waals surface area (Å²) >= 11 is 0. The Labute approximate surface area is 192 Å². The zero-order chi connectivity index (χ0) is 22.8. The number of fused-ring (bicyclic) bond motifs is 2. The number of benzene rings is 3. The number of nitrogens with two attached hydrogens (primary N) is 1. The third-order valence-electron chi connectivity index (χ3n) is 6.15. The molecule has 0 unspecified atom stereocenters. The molecule has 0 spiro atoms. The lowest BCUT2D eigenvalue weighted by Crippen LogP contribution is -2.32. The summed E-state index contributed by atoms with van der Waals surface area (Å²) in [7, 11) is 0. The van der Waals surface area contributed by atoms with E-state index in [1.54, 1.807) is 24.3 Å². The van der Waals surface area contributed by atoms with Gasteiger partial charge in [-0.2, -0.15) is 0 Å². The minimum Gasteiger partial charge on any atom is -0.454 e. The first-order chi connectivity index (χ1) is 16.1. The first-order valence-corrected chi connectivity index (χ1v) is 11.0. The van der Waals surface area contributed by atoms with Gasteiger partial charge >= 0.3 is 0 Å². The number of nitrogens with zero attached hydrogens (tertiary/aromatic N) is 1. The lowest BCUT2D eigenvalue weighted by molar-refractivity contribution is 0.0977. The van der Waals surface area contributed by atoms with Gasteiger partial charge in [-0.25, -0.2) is 0 Å². The van der Waals surface area contributed by atoms with E-state index < -0.39 is 5.91 Å². The van der Waals surface area contributed by atoms with Gasteiger partial charge in [-0.3, -0.25) is 14.5 Å². The predicted octanol–water partition coefficient (Wildman–Crippen LogP) is 3.37. The lowest BCUT2D eigenvalue weighted by Gasteiger charge is -2.29. The van der Waals surface area contributed by atoms with Crippen molar-refractivity contribution in [2.24, 2.45) is 5.73 Å². The molecule has 168 valence electrons. The fourth-order valence-corrected chi connectivity index (χ4v) is 4.33. The van der Waals surface area contributed by atoms with Crippen LogP contribution in [0.5, 0.6) is 11.5 Å². The highest BCUT2D eigenvalue weighted by Gasteiger charge is 2.22. The third kappa shape index (κ3) is 4.54. The summed E-state index contributed by atoms with van der Waals surface area (Å²) in [5, 5.41) is 2.84. The van der Waals surface area contributed by atoms with Crippen LogP contribution in [-0.2, 0) is 19.4 Å². The first-order valence-electron chi connectivity index (χ1n) is 11.0. The molecule has 0 bridgehead atoms. The highest BCUT2D eigenvalue weighted by Crippen LogP contribution is 2.36. The van der Waals surface area contributed by atoms with Crippen molar-refractivity contribution in [1.29, 1.82) is 0 Å². The molecular formula is C26H25N3O4. The molecule has 2 aliphatic rings. The van der Waals surface area contributed by atoms with Crippen molar-refractivity contribution in [3.63, 3.8) is 0 Å². The summed E-state index contributed by atoms with van der Waals surface area (Å²) in [5.74, 6) is 0.714. The maximum Gasteiger partial charge on any atom is 0.256 e. The molecule has 0 aliphatic carbocycles. The number of rotatable bonds is 6. The van der Waals surface area contributed by atoms with Crippen molar-refractivity contribution in [1.82, 2.24) is 4.90 Å². The Morgan fingerprint density at radius 2 is 1.64 bits per heavy atom. The standard InChI is InChI=1S/C26H25N3O4/c27-25(30)21-3-1-2-4-22(21)26(31)28-20-7-5-17(6-8-20)9-11-29-12-10-18-13-23-24(33-16-32-23)14-19(18)15-29/h1-8,13-14H,9-12,15-16H2,(H2,27,30)(H,28,31). The second-order valence-electron chi connectivity index (χ2n) is 8.31. The van der Waals surface area contributed by atoms with Crippen LogP contribution in [0.15, 0.2) is 60.7 Å². The van der Waals surface area contributed by atoms with E-state index in [9.17, 15) is 9.59 Å². The molecule has 0 atom stereocenters. The average molecular weight is 444 g/mol. The van der Waals surface area contributed by atoms with E-state index in [2.05, 4.69) is 22.3 Å². The highest BCUT2D eigenvalue weighted by molar-refractivity contribution is 6.11. The predicted molar refractivity (Wildman–Crippen MR) is 125 cm³/mol. The van der Waals surface area contributed by atoms with Crippen molar-refractivity contribution in [3.05, 3.63) is 88.5 Å². The molecule has 33 heavy (non-hydrogen) atoms.